The molecular formula is C10H9N5S. The van der Waals surface area contributed by atoms with Crippen LogP contribution in [0.1, 0.15) is 5.69 Å². The number of benzene rings is 1. The summed E-state index contributed by atoms with van der Waals surface area (Å²) in [5.41, 5.74) is 9.31. The fraction of sp³-hybridized carbons (Fsp3) is 0. The van der Waals surface area contributed by atoms with Crippen LogP contribution in [0.3, 0.4) is 0 Å². The predicted octanol–water partition coefficient (Wildman–Crippen LogP) is 0.797. The first-order valence-electron chi connectivity index (χ1n) is 4.55. The molecule has 0 radical (unpaired) electrons. The molecule has 0 saturated heterocycles. The molecule has 0 aliphatic heterocycles. The molecule has 1 aromatic carbocycles. The molecule has 0 unspecified atom stereocenters. The molecule has 0 bridgehead atoms. The number of rotatable bonds is 2. The van der Waals surface area contributed by atoms with Crippen molar-refractivity contribution in [2.24, 2.45) is 10.8 Å². The second-order valence-corrected chi connectivity index (χ2v) is 3.45. The van der Waals surface area contributed by atoms with E-state index in [1.165, 1.54) is 6.33 Å². The molecule has 0 spiro atoms. The third-order valence-electron chi connectivity index (χ3n) is 1.94. The van der Waals surface area contributed by atoms with Crippen molar-refractivity contribution in [2.75, 3.05) is 0 Å². The molecule has 6 heteroatoms. The number of hydrazone groups is 1. The molecule has 16 heavy (non-hydrogen) atoms. The lowest BCUT2D eigenvalue weighted by atomic mass is 10.2. The number of hydrogen-bond donors (Lipinski definition) is 2. The number of nitrogens with zero attached hydrogens (tertiary/aromatic N) is 3. The topological polar surface area (TPSA) is 76.2 Å². The normalized spacial score (nSPS) is 10.8. The van der Waals surface area contributed by atoms with Crippen LogP contribution < -0.4 is 11.2 Å². The third-order valence-corrected chi connectivity index (χ3v) is 2.03. The van der Waals surface area contributed by atoms with Crippen molar-refractivity contribution in [1.29, 1.82) is 0 Å². The number of nitrogens with one attached hydrogen (secondary N) is 1. The van der Waals surface area contributed by atoms with Gasteiger partial charge >= 0.3 is 0 Å². The minimum absolute atomic E-state index is 0.120. The van der Waals surface area contributed by atoms with Crippen LogP contribution in [-0.2, 0) is 0 Å². The van der Waals surface area contributed by atoms with Gasteiger partial charge in [-0.05, 0) is 18.3 Å². The first-order chi connectivity index (χ1) is 7.77. The molecule has 5 nitrogen and oxygen atoms in total. The Bertz CT molecular complexity index is 546. The van der Waals surface area contributed by atoms with E-state index in [-0.39, 0.29) is 5.11 Å². The Morgan fingerprint density at radius 3 is 3.00 bits per heavy atom. The molecule has 1 heterocycles. The molecule has 3 N–H and O–H groups in total. The van der Waals surface area contributed by atoms with Crippen LogP contribution in [0.5, 0.6) is 0 Å². The molecule has 2 rings (SSSR count). The summed E-state index contributed by atoms with van der Waals surface area (Å²) in [6, 6.07) is 7.68. The quantitative estimate of drug-likeness (QED) is 0.454. The van der Waals surface area contributed by atoms with E-state index in [0.29, 0.717) is 5.69 Å². The van der Waals surface area contributed by atoms with Crippen molar-refractivity contribution in [3.63, 3.8) is 0 Å². The Morgan fingerprint density at radius 1 is 1.38 bits per heavy atom. The van der Waals surface area contributed by atoms with Crippen LogP contribution >= 0.6 is 12.2 Å². The zero-order valence-corrected chi connectivity index (χ0v) is 9.11. The van der Waals surface area contributed by atoms with Crippen LogP contribution in [0.4, 0.5) is 0 Å². The van der Waals surface area contributed by atoms with E-state index in [1.54, 1.807) is 6.21 Å². The highest BCUT2D eigenvalue weighted by atomic mass is 32.1. The van der Waals surface area contributed by atoms with E-state index in [4.69, 9.17) is 5.73 Å². The second-order valence-electron chi connectivity index (χ2n) is 3.01. The molecule has 80 valence electrons. The standard InChI is InChI=1S/C10H9N5S/c11-10(16)15-14-5-9-7-3-1-2-4-8(7)12-6-13-9/h1-6H,(H3,11,15,16)/b14-5+. The lowest BCUT2D eigenvalue weighted by Gasteiger charge is -1.99. The summed E-state index contributed by atoms with van der Waals surface area (Å²) >= 11 is 4.63. The van der Waals surface area contributed by atoms with Gasteiger partial charge < -0.3 is 5.73 Å². The van der Waals surface area contributed by atoms with E-state index in [1.807, 2.05) is 24.3 Å². The average Bonchev–Trinajstić information content (AvgIpc) is 2.29. The summed E-state index contributed by atoms with van der Waals surface area (Å²) < 4.78 is 0. The van der Waals surface area contributed by atoms with Gasteiger partial charge in [0.05, 0.1) is 17.4 Å². The van der Waals surface area contributed by atoms with Crippen LogP contribution in [0, 0.1) is 0 Å². The minimum atomic E-state index is 0.120. The van der Waals surface area contributed by atoms with Crippen LogP contribution in [0.2, 0.25) is 0 Å². The minimum Gasteiger partial charge on any atom is -0.375 e. The average molecular weight is 231 g/mol. The number of thiocarbonyl (C=S) groups is 1. The zero-order chi connectivity index (χ0) is 11.4. The lowest BCUT2D eigenvalue weighted by molar-refractivity contribution is 1.04. The van der Waals surface area contributed by atoms with Gasteiger partial charge in [0, 0.05) is 5.39 Å². The van der Waals surface area contributed by atoms with Crippen molar-refractivity contribution >= 4 is 34.4 Å². The Morgan fingerprint density at radius 2 is 2.19 bits per heavy atom. The number of hydrogen-bond acceptors (Lipinski definition) is 4. The second kappa shape index (κ2) is 4.63. The van der Waals surface area contributed by atoms with Gasteiger partial charge in [0.1, 0.15) is 6.33 Å². The summed E-state index contributed by atoms with van der Waals surface area (Å²) in [7, 11) is 0. The monoisotopic (exact) mass is 231 g/mol. The Balaban J connectivity index is 2.37. The smallest absolute Gasteiger partial charge is 0.184 e. The van der Waals surface area contributed by atoms with Crippen LogP contribution in [0.25, 0.3) is 10.9 Å². The highest BCUT2D eigenvalue weighted by Gasteiger charge is 1.99. The maximum absolute atomic E-state index is 5.24. The maximum Gasteiger partial charge on any atom is 0.184 e. The maximum atomic E-state index is 5.24. The predicted molar refractivity (Wildman–Crippen MR) is 67.1 cm³/mol. The van der Waals surface area contributed by atoms with Crippen LogP contribution in [0.15, 0.2) is 35.7 Å². The van der Waals surface area contributed by atoms with E-state index < -0.39 is 0 Å². The largest absolute Gasteiger partial charge is 0.375 e. The molecule has 0 atom stereocenters. The summed E-state index contributed by atoms with van der Waals surface area (Å²) in [5.74, 6) is 0. The summed E-state index contributed by atoms with van der Waals surface area (Å²) in [4.78, 5) is 8.26. The summed E-state index contributed by atoms with van der Waals surface area (Å²) in [6.45, 7) is 0. The summed E-state index contributed by atoms with van der Waals surface area (Å²) in [5, 5.41) is 4.91. The van der Waals surface area contributed by atoms with Gasteiger partial charge in [-0.1, -0.05) is 18.2 Å². The molecule has 0 aliphatic rings. The fourth-order valence-corrected chi connectivity index (χ4v) is 1.34. The van der Waals surface area contributed by atoms with Crippen molar-refractivity contribution in [3.8, 4) is 0 Å². The van der Waals surface area contributed by atoms with Gasteiger partial charge in [-0.25, -0.2) is 9.97 Å². The van der Waals surface area contributed by atoms with Gasteiger partial charge in [0.15, 0.2) is 5.11 Å². The van der Waals surface area contributed by atoms with Gasteiger partial charge in [-0.3, -0.25) is 5.43 Å². The molecular weight excluding hydrogens is 222 g/mol. The number of fused-ring (bicyclic) bond motifs is 1. The van der Waals surface area contributed by atoms with E-state index >= 15 is 0 Å². The lowest BCUT2D eigenvalue weighted by Crippen LogP contribution is -2.24. The Hall–Kier alpha value is -2.08. The van der Waals surface area contributed by atoms with Crippen molar-refractivity contribution in [3.05, 3.63) is 36.3 Å². The van der Waals surface area contributed by atoms with Crippen LogP contribution in [-0.4, -0.2) is 21.3 Å². The number of nitrogens with two attached hydrogens (primary N) is 1. The van der Waals surface area contributed by atoms with Gasteiger partial charge in [0.2, 0.25) is 0 Å². The molecule has 0 fully saturated rings. The third kappa shape index (κ3) is 2.29. The fourth-order valence-electron chi connectivity index (χ4n) is 1.29. The first-order valence-corrected chi connectivity index (χ1v) is 4.96. The SMILES string of the molecule is NC(=S)N/N=C/c1ncnc2ccccc12. The van der Waals surface area contributed by atoms with E-state index in [2.05, 4.69) is 32.7 Å². The molecule has 1 aromatic heterocycles. The molecule has 0 amide bonds. The van der Waals surface area contributed by atoms with Gasteiger partial charge in [0.25, 0.3) is 0 Å². The summed E-state index contributed by atoms with van der Waals surface area (Å²) in [6.07, 6.45) is 3.05. The molecule has 0 aliphatic carbocycles. The first kappa shape index (κ1) is 10.4. The Labute approximate surface area is 97.4 Å². The van der Waals surface area contributed by atoms with Crippen molar-refractivity contribution < 1.29 is 0 Å². The number of aromatic nitrogens is 2. The Kier molecular flexibility index (Phi) is 3.02. The molecule has 2 aromatic rings. The van der Waals surface area contributed by atoms with Crippen molar-refractivity contribution in [1.82, 2.24) is 15.4 Å². The highest BCUT2D eigenvalue weighted by Crippen LogP contribution is 2.11. The van der Waals surface area contributed by atoms with Gasteiger partial charge in [-0.15, -0.1) is 0 Å². The van der Waals surface area contributed by atoms with Gasteiger partial charge in [-0.2, -0.15) is 5.10 Å². The molecule has 0 saturated carbocycles. The number of para-hydroxylation sites is 1. The van der Waals surface area contributed by atoms with E-state index in [9.17, 15) is 0 Å². The van der Waals surface area contributed by atoms with E-state index in [0.717, 1.165) is 10.9 Å². The zero-order valence-electron chi connectivity index (χ0n) is 8.29. The van der Waals surface area contributed by atoms with Crippen molar-refractivity contribution in [2.45, 2.75) is 0 Å². The highest BCUT2D eigenvalue weighted by molar-refractivity contribution is 7.80.